The summed E-state index contributed by atoms with van der Waals surface area (Å²) in [6.07, 6.45) is 3.12. The van der Waals surface area contributed by atoms with Gasteiger partial charge in [-0.3, -0.25) is 4.18 Å². The molecule has 1 saturated heterocycles. The van der Waals surface area contributed by atoms with E-state index in [2.05, 4.69) is 25.8 Å². The second-order valence-electron chi connectivity index (χ2n) is 7.40. The number of benzene rings is 2. The van der Waals surface area contributed by atoms with Crippen molar-refractivity contribution in [2.45, 2.75) is 43.7 Å². The molecule has 1 atom stereocenters. The average Bonchev–Trinajstić information content (AvgIpc) is 3.30. The fourth-order valence-corrected chi connectivity index (χ4v) is 4.97. The lowest BCUT2D eigenvalue weighted by molar-refractivity contribution is 0.300. The van der Waals surface area contributed by atoms with Crippen molar-refractivity contribution in [3.8, 4) is 0 Å². The van der Waals surface area contributed by atoms with Crippen LogP contribution in [0.2, 0.25) is 0 Å². The average molecular weight is 478 g/mol. The largest absolute Gasteiger partial charge is 0.326 e. The van der Waals surface area contributed by atoms with Crippen LogP contribution in [0, 0.1) is 6.92 Å². The third-order valence-electron chi connectivity index (χ3n) is 5.24. The molecule has 29 heavy (non-hydrogen) atoms. The first kappa shape index (κ1) is 20.5. The van der Waals surface area contributed by atoms with Gasteiger partial charge < -0.3 is 9.88 Å². The minimum Gasteiger partial charge on any atom is -0.326 e. The van der Waals surface area contributed by atoms with E-state index < -0.39 is 10.1 Å². The summed E-state index contributed by atoms with van der Waals surface area (Å²) in [5, 5.41) is 3.50. The highest BCUT2D eigenvalue weighted by atomic mass is 79.9. The molecule has 0 spiro atoms. The second kappa shape index (κ2) is 8.55. The lowest BCUT2D eigenvalue weighted by Crippen LogP contribution is -2.25. The Labute approximate surface area is 179 Å². The van der Waals surface area contributed by atoms with Crippen LogP contribution in [0.3, 0.4) is 0 Å². The molecule has 0 saturated carbocycles. The van der Waals surface area contributed by atoms with Crippen molar-refractivity contribution in [1.29, 1.82) is 0 Å². The first-order chi connectivity index (χ1) is 13.9. The van der Waals surface area contributed by atoms with E-state index in [4.69, 9.17) is 9.17 Å². The van der Waals surface area contributed by atoms with Crippen LogP contribution in [0.5, 0.6) is 0 Å². The number of hydrogen-bond donors (Lipinski definition) is 1. The van der Waals surface area contributed by atoms with E-state index in [1.54, 1.807) is 24.3 Å². The van der Waals surface area contributed by atoms with Crippen molar-refractivity contribution in [3.05, 3.63) is 58.3 Å². The maximum atomic E-state index is 12.5. The van der Waals surface area contributed by atoms with Crippen LogP contribution in [0.25, 0.3) is 11.0 Å². The number of rotatable bonds is 7. The van der Waals surface area contributed by atoms with E-state index in [9.17, 15) is 8.42 Å². The highest BCUT2D eigenvalue weighted by molar-refractivity contribution is 9.10. The van der Waals surface area contributed by atoms with E-state index in [-0.39, 0.29) is 11.5 Å². The molecule has 0 aliphatic carbocycles. The van der Waals surface area contributed by atoms with Crippen molar-refractivity contribution in [2.75, 3.05) is 13.2 Å². The van der Waals surface area contributed by atoms with Gasteiger partial charge in [-0.15, -0.1) is 0 Å². The van der Waals surface area contributed by atoms with E-state index in [1.165, 1.54) is 6.42 Å². The lowest BCUT2D eigenvalue weighted by atomic mass is 10.1. The van der Waals surface area contributed by atoms with Crippen LogP contribution in [-0.4, -0.2) is 37.2 Å². The highest BCUT2D eigenvalue weighted by Crippen LogP contribution is 2.23. The Hall–Kier alpha value is -1.74. The summed E-state index contributed by atoms with van der Waals surface area (Å²) in [6.45, 7) is 3.43. The van der Waals surface area contributed by atoms with Gasteiger partial charge in [0.1, 0.15) is 5.82 Å². The van der Waals surface area contributed by atoms with Gasteiger partial charge in [-0.05, 0) is 56.6 Å². The van der Waals surface area contributed by atoms with Crippen molar-refractivity contribution >= 4 is 37.1 Å². The molecule has 1 aliphatic rings. The van der Waals surface area contributed by atoms with Crippen LogP contribution in [0.15, 0.2) is 51.8 Å². The predicted molar refractivity (Wildman–Crippen MR) is 116 cm³/mol. The number of imidazole rings is 1. The smallest absolute Gasteiger partial charge is 0.297 e. The summed E-state index contributed by atoms with van der Waals surface area (Å²) in [4.78, 5) is 4.99. The molecule has 2 heterocycles. The summed E-state index contributed by atoms with van der Waals surface area (Å²) in [6, 6.07) is 13.1. The van der Waals surface area contributed by atoms with E-state index in [0.29, 0.717) is 12.6 Å². The molecule has 0 amide bonds. The van der Waals surface area contributed by atoms with Crippen LogP contribution in [-0.2, 0) is 27.3 Å². The Morgan fingerprint density at radius 3 is 2.76 bits per heavy atom. The van der Waals surface area contributed by atoms with Gasteiger partial charge in [-0.1, -0.05) is 33.6 Å². The number of hydrogen-bond acceptors (Lipinski definition) is 5. The fourth-order valence-electron chi connectivity index (χ4n) is 3.72. The number of halogens is 1. The van der Waals surface area contributed by atoms with Gasteiger partial charge in [0.2, 0.25) is 0 Å². The summed E-state index contributed by atoms with van der Waals surface area (Å²) in [7, 11) is -3.78. The number of nitrogens with one attached hydrogen (secondary N) is 1. The van der Waals surface area contributed by atoms with Crippen molar-refractivity contribution in [1.82, 2.24) is 14.9 Å². The molecule has 0 unspecified atom stereocenters. The Kier molecular flexibility index (Phi) is 6.06. The van der Waals surface area contributed by atoms with E-state index in [0.717, 1.165) is 46.3 Å². The number of fused-ring (bicyclic) bond motifs is 1. The zero-order valence-electron chi connectivity index (χ0n) is 16.3. The molecule has 1 fully saturated rings. The Bertz CT molecular complexity index is 1100. The standard InChI is InChI=1S/C21H24BrN3O3S/c1-15-4-7-18(8-5-15)29(26,27)28-12-11-25-20-9-6-16(22)13-19(20)24-21(25)14-17-3-2-10-23-17/h4-9,13,17,23H,2-3,10-12,14H2,1H3/t17-/m0/s1. The highest BCUT2D eigenvalue weighted by Gasteiger charge is 2.20. The molecule has 1 N–H and O–H groups in total. The Balaban J connectivity index is 1.53. The van der Waals surface area contributed by atoms with E-state index >= 15 is 0 Å². The molecule has 1 aliphatic heterocycles. The molecule has 4 rings (SSSR count). The van der Waals surface area contributed by atoms with Gasteiger partial charge in [0.25, 0.3) is 10.1 Å². The van der Waals surface area contributed by atoms with Crippen molar-refractivity contribution in [3.63, 3.8) is 0 Å². The van der Waals surface area contributed by atoms with Gasteiger partial charge in [-0.25, -0.2) is 4.98 Å². The molecule has 0 bridgehead atoms. The summed E-state index contributed by atoms with van der Waals surface area (Å²) in [5.74, 6) is 0.953. The van der Waals surface area contributed by atoms with Gasteiger partial charge in [0.15, 0.2) is 0 Å². The molecule has 3 aromatic rings. The molecular formula is C21H24BrN3O3S. The first-order valence-electron chi connectivity index (χ1n) is 9.76. The monoisotopic (exact) mass is 477 g/mol. The SMILES string of the molecule is Cc1ccc(S(=O)(=O)OCCn2c(C[C@@H]3CCCN3)nc3cc(Br)ccc32)cc1. The van der Waals surface area contributed by atoms with Gasteiger partial charge in [0, 0.05) is 23.5 Å². The number of nitrogens with zero attached hydrogens (tertiary/aromatic N) is 2. The first-order valence-corrected chi connectivity index (χ1v) is 12.0. The van der Waals surface area contributed by atoms with E-state index in [1.807, 2.05) is 25.1 Å². The Morgan fingerprint density at radius 1 is 1.24 bits per heavy atom. The second-order valence-corrected chi connectivity index (χ2v) is 9.93. The lowest BCUT2D eigenvalue weighted by Gasteiger charge is -2.13. The van der Waals surface area contributed by atoms with Crippen LogP contribution < -0.4 is 5.32 Å². The zero-order valence-corrected chi connectivity index (χ0v) is 18.7. The summed E-state index contributed by atoms with van der Waals surface area (Å²) >= 11 is 3.50. The van der Waals surface area contributed by atoms with Gasteiger partial charge in [0.05, 0.1) is 22.5 Å². The molecule has 0 radical (unpaired) electrons. The molecule has 1 aromatic heterocycles. The van der Waals surface area contributed by atoms with Gasteiger partial charge >= 0.3 is 0 Å². The van der Waals surface area contributed by atoms with Crippen LogP contribution >= 0.6 is 15.9 Å². The molecule has 8 heteroatoms. The minimum atomic E-state index is -3.78. The van der Waals surface area contributed by atoms with Crippen molar-refractivity contribution in [2.24, 2.45) is 0 Å². The Morgan fingerprint density at radius 2 is 2.03 bits per heavy atom. The third-order valence-corrected chi connectivity index (χ3v) is 7.06. The van der Waals surface area contributed by atoms with Crippen LogP contribution in [0.4, 0.5) is 0 Å². The maximum absolute atomic E-state index is 12.5. The quantitative estimate of drug-likeness (QED) is 0.523. The topological polar surface area (TPSA) is 73.2 Å². The zero-order chi connectivity index (χ0) is 20.4. The minimum absolute atomic E-state index is 0.0584. The molecule has 2 aromatic carbocycles. The summed E-state index contributed by atoms with van der Waals surface area (Å²) < 4.78 is 33.3. The van der Waals surface area contributed by atoms with Crippen molar-refractivity contribution < 1.29 is 12.6 Å². The number of aromatic nitrogens is 2. The predicted octanol–water partition coefficient (Wildman–Crippen LogP) is 3.81. The van der Waals surface area contributed by atoms with Gasteiger partial charge in [-0.2, -0.15) is 8.42 Å². The third kappa shape index (κ3) is 4.71. The molecular weight excluding hydrogens is 454 g/mol. The normalized spacial score (nSPS) is 17.2. The summed E-state index contributed by atoms with van der Waals surface area (Å²) in [5.41, 5.74) is 2.89. The number of aryl methyl sites for hydroxylation is 1. The molecule has 154 valence electrons. The van der Waals surface area contributed by atoms with Crippen LogP contribution in [0.1, 0.15) is 24.2 Å². The fraction of sp³-hybridized carbons (Fsp3) is 0.381. The maximum Gasteiger partial charge on any atom is 0.297 e. The molecule has 6 nitrogen and oxygen atoms in total.